The number of rotatable bonds is 7. The molecule has 1 aliphatic rings. The van der Waals surface area contributed by atoms with E-state index in [1.54, 1.807) is 11.3 Å². The number of aryl methyl sites for hydroxylation is 1. The predicted molar refractivity (Wildman–Crippen MR) is 113 cm³/mol. The summed E-state index contributed by atoms with van der Waals surface area (Å²) in [5.41, 5.74) is 1.86. The fourth-order valence-corrected chi connectivity index (χ4v) is 4.60. The summed E-state index contributed by atoms with van der Waals surface area (Å²) in [5, 5.41) is 14.5. The Morgan fingerprint density at radius 3 is 2.93 bits per heavy atom. The Kier molecular flexibility index (Phi) is 6.09. The Hall–Kier alpha value is -2.16. The number of benzene rings is 1. The van der Waals surface area contributed by atoms with Crippen LogP contribution in [0.25, 0.3) is 11.4 Å². The first-order valence-corrected chi connectivity index (χ1v) is 11.1. The molecule has 1 amide bonds. The Bertz CT molecular complexity index is 933. The van der Waals surface area contributed by atoms with Crippen LogP contribution in [0.2, 0.25) is 0 Å². The maximum absolute atomic E-state index is 12.3. The quantitative estimate of drug-likeness (QED) is 0.586. The van der Waals surface area contributed by atoms with Gasteiger partial charge in [-0.15, -0.1) is 21.5 Å². The second kappa shape index (κ2) is 8.89. The average Bonchev–Trinajstić information content (AvgIpc) is 3.43. The van der Waals surface area contributed by atoms with Gasteiger partial charge in [0.15, 0.2) is 11.0 Å². The van der Waals surface area contributed by atoms with Gasteiger partial charge in [-0.1, -0.05) is 30.0 Å². The van der Waals surface area contributed by atoms with E-state index in [4.69, 9.17) is 4.74 Å². The van der Waals surface area contributed by atoms with Crippen molar-refractivity contribution in [1.29, 1.82) is 0 Å². The van der Waals surface area contributed by atoms with E-state index in [1.807, 2.05) is 30.3 Å². The minimum atomic E-state index is -0.0594. The molecule has 3 heterocycles. The molecule has 4 rings (SSSR count). The number of anilines is 1. The lowest BCUT2D eigenvalue weighted by Gasteiger charge is -2.14. The van der Waals surface area contributed by atoms with Crippen LogP contribution in [0.3, 0.4) is 0 Å². The van der Waals surface area contributed by atoms with Gasteiger partial charge in [-0.2, -0.15) is 0 Å². The van der Waals surface area contributed by atoms with Crippen LogP contribution < -0.4 is 5.32 Å². The summed E-state index contributed by atoms with van der Waals surface area (Å²) in [5.74, 6) is 1.06. The molecular weight excluding hydrogens is 392 g/mol. The van der Waals surface area contributed by atoms with Gasteiger partial charge in [0.1, 0.15) is 0 Å². The minimum absolute atomic E-state index is 0.0594. The van der Waals surface area contributed by atoms with Gasteiger partial charge in [0.2, 0.25) is 5.91 Å². The third-order valence-electron chi connectivity index (χ3n) is 4.51. The molecule has 1 saturated heterocycles. The monoisotopic (exact) mass is 414 g/mol. The van der Waals surface area contributed by atoms with Crippen molar-refractivity contribution < 1.29 is 9.53 Å². The lowest BCUT2D eigenvalue weighted by Crippen LogP contribution is -2.18. The third kappa shape index (κ3) is 4.63. The Balaban J connectivity index is 1.49. The Morgan fingerprint density at radius 2 is 2.21 bits per heavy atom. The molecule has 0 bridgehead atoms. The standard InChI is InChI=1S/C20H22N4O2S2/c1-14-10-15(12-27-14)19-22-23-20(24(19)11-17-8-5-9-26-17)28-13-18(25)21-16-6-3-2-4-7-16/h2-4,6-7,10,12,17H,5,8-9,11,13H2,1H3,(H,21,25). The van der Waals surface area contributed by atoms with E-state index in [-0.39, 0.29) is 17.8 Å². The van der Waals surface area contributed by atoms with Crippen LogP contribution in [-0.4, -0.2) is 39.1 Å². The number of carbonyl (C=O) groups excluding carboxylic acids is 1. The molecule has 1 atom stereocenters. The number of thiophene rings is 1. The molecule has 146 valence electrons. The second-order valence-electron chi connectivity index (χ2n) is 6.70. The van der Waals surface area contributed by atoms with Crippen LogP contribution in [0.1, 0.15) is 17.7 Å². The van der Waals surface area contributed by atoms with E-state index >= 15 is 0 Å². The van der Waals surface area contributed by atoms with E-state index in [9.17, 15) is 4.79 Å². The Labute approximate surface area is 172 Å². The van der Waals surface area contributed by atoms with Crippen LogP contribution in [-0.2, 0) is 16.1 Å². The van der Waals surface area contributed by atoms with Crippen molar-refractivity contribution in [1.82, 2.24) is 14.8 Å². The maximum Gasteiger partial charge on any atom is 0.234 e. The molecule has 3 aromatic rings. The third-order valence-corrected chi connectivity index (χ3v) is 6.33. The van der Waals surface area contributed by atoms with E-state index in [2.05, 4.69) is 38.5 Å². The zero-order chi connectivity index (χ0) is 19.3. The molecule has 1 unspecified atom stereocenters. The van der Waals surface area contributed by atoms with Crippen molar-refractivity contribution in [2.24, 2.45) is 0 Å². The summed E-state index contributed by atoms with van der Waals surface area (Å²) in [7, 11) is 0. The highest BCUT2D eigenvalue weighted by Crippen LogP contribution is 2.29. The molecule has 0 aliphatic carbocycles. The van der Waals surface area contributed by atoms with Crippen LogP contribution in [0, 0.1) is 6.92 Å². The molecule has 2 aromatic heterocycles. The number of para-hydroxylation sites is 1. The summed E-state index contributed by atoms with van der Waals surface area (Å²) < 4.78 is 7.91. The molecule has 0 saturated carbocycles. The summed E-state index contributed by atoms with van der Waals surface area (Å²) in [6.07, 6.45) is 2.30. The first kappa shape index (κ1) is 19.2. The molecule has 1 aliphatic heterocycles. The topological polar surface area (TPSA) is 69.0 Å². The van der Waals surface area contributed by atoms with Crippen LogP contribution in [0.15, 0.2) is 46.9 Å². The fraction of sp³-hybridized carbons (Fsp3) is 0.350. The van der Waals surface area contributed by atoms with Crippen molar-refractivity contribution in [2.75, 3.05) is 17.7 Å². The lowest BCUT2D eigenvalue weighted by atomic mass is 10.2. The van der Waals surface area contributed by atoms with Gasteiger partial charge in [0.05, 0.1) is 18.4 Å². The van der Waals surface area contributed by atoms with Crippen LogP contribution in [0.4, 0.5) is 5.69 Å². The number of hydrogen-bond acceptors (Lipinski definition) is 6. The van der Waals surface area contributed by atoms with Gasteiger partial charge >= 0.3 is 0 Å². The zero-order valence-corrected chi connectivity index (χ0v) is 17.3. The van der Waals surface area contributed by atoms with Gasteiger partial charge < -0.3 is 10.1 Å². The van der Waals surface area contributed by atoms with E-state index < -0.39 is 0 Å². The highest BCUT2D eigenvalue weighted by atomic mass is 32.2. The molecule has 28 heavy (non-hydrogen) atoms. The predicted octanol–water partition coefficient (Wildman–Crippen LogP) is 4.22. The first-order chi connectivity index (χ1) is 13.7. The number of aromatic nitrogens is 3. The normalized spacial score (nSPS) is 16.4. The molecule has 0 radical (unpaired) electrons. The summed E-state index contributed by atoms with van der Waals surface area (Å²) in [6.45, 7) is 3.60. The molecule has 8 heteroatoms. The summed E-state index contributed by atoms with van der Waals surface area (Å²) in [4.78, 5) is 13.5. The van der Waals surface area contributed by atoms with Crippen molar-refractivity contribution in [2.45, 2.75) is 37.6 Å². The minimum Gasteiger partial charge on any atom is -0.376 e. The highest BCUT2D eigenvalue weighted by Gasteiger charge is 2.22. The largest absolute Gasteiger partial charge is 0.376 e. The number of ether oxygens (including phenoxy) is 1. The van der Waals surface area contributed by atoms with E-state index in [1.165, 1.54) is 16.6 Å². The molecule has 1 aromatic carbocycles. The number of nitrogens with one attached hydrogen (secondary N) is 1. The van der Waals surface area contributed by atoms with Gasteiger partial charge in [0.25, 0.3) is 0 Å². The fourth-order valence-electron chi connectivity index (χ4n) is 3.17. The number of amides is 1. The van der Waals surface area contributed by atoms with Crippen LogP contribution in [0.5, 0.6) is 0 Å². The molecule has 1 N–H and O–H groups in total. The second-order valence-corrected chi connectivity index (χ2v) is 8.76. The number of carbonyl (C=O) groups is 1. The lowest BCUT2D eigenvalue weighted by molar-refractivity contribution is -0.113. The summed E-state index contributed by atoms with van der Waals surface area (Å²) in [6, 6.07) is 11.6. The summed E-state index contributed by atoms with van der Waals surface area (Å²) >= 11 is 3.10. The van der Waals surface area contributed by atoms with Crippen molar-refractivity contribution in [3.63, 3.8) is 0 Å². The van der Waals surface area contributed by atoms with Crippen molar-refractivity contribution in [3.05, 3.63) is 46.7 Å². The molecule has 6 nitrogen and oxygen atoms in total. The number of hydrogen-bond donors (Lipinski definition) is 1. The zero-order valence-electron chi connectivity index (χ0n) is 15.6. The SMILES string of the molecule is Cc1cc(-c2nnc(SCC(=O)Nc3ccccc3)n2CC2CCCO2)cs1. The number of thioether (sulfide) groups is 1. The first-order valence-electron chi connectivity index (χ1n) is 9.27. The average molecular weight is 415 g/mol. The van der Waals surface area contributed by atoms with Gasteiger partial charge in [0, 0.05) is 28.1 Å². The smallest absolute Gasteiger partial charge is 0.234 e. The van der Waals surface area contributed by atoms with Gasteiger partial charge in [-0.05, 0) is 38.0 Å². The molecular formula is C20H22N4O2S2. The van der Waals surface area contributed by atoms with Crippen LogP contribution >= 0.6 is 23.1 Å². The van der Waals surface area contributed by atoms with Crippen molar-refractivity contribution in [3.8, 4) is 11.4 Å². The number of nitrogens with zero attached hydrogens (tertiary/aromatic N) is 3. The highest BCUT2D eigenvalue weighted by molar-refractivity contribution is 7.99. The van der Waals surface area contributed by atoms with Crippen molar-refractivity contribution >= 4 is 34.7 Å². The van der Waals surface area contributed by atoms with Gasteiger partial charge in [-0.25, -0.2) is 0 Å². The molecule has 1 fully saturated rings. The Morgan fingerprint density at radius 1 is 1.36 bits per heavy atom. The van der Waals surface area contributed by atoms with Gasteiger partial charge in [-0.3, -0.25) is 9.36 Å². The molecule has 0 spiro atoms. The maximum atomic E-state index is 12.3. The van der Waals surface area contributed by atoms with E-state index in [0.29, 0.717) is 6.54 Å². The van der Waals surface area contributed by atoms with E-state index in [0.717, 1.165) is 41.7 Å².